The summed E-state index contributed by atoms with van der Waals surface area (Å²) in [6.45, 7) is 0. The van der Waals surface area contributed by atoms with Crippen LogP contribution in [0.5, 0.6) is 0 Å². The number of hydrogen-bond acceptors (Lipinski definition) is 8. The molecule has 0 saturated heterocycles. The number of nitrogens with one attached hydrogen (secondary N) is 2. The van der Waals surface area contributed by atoms with E-state index in [1.165, 1.54) is 7.05 Å². The molecule has 2 unspecified atom stereocenters. The zero-order valence-corrected chi connectivity index (χ0v) is 16.9. The van der Waals surface area contributed by atoms with Gasteiger partial charge in [0.1, 0.15) is 11.8 Å². The van der Waals surface area contributed by atoms with Crippen LogP contribution in [0.3, 0.4) is 0 Å². The number of hydrogen-bond donors (Lipinski definition) is 4. The lowest BCUT2D eigenvalue weighted by atomic mass is 9.98. The molecule has 158 valence electrons. The predicted octanol–water partition coefficient (Wildman–Crippen LogP) is -0.308. The summed E-state index contributed by atoms with van der Waals surface area (Å²) in [5.74, 6) is 6.14. The summed E-state index contributed by atoms with van der Waals surface area (Å²) in [7, 11) is 3.26. The van der Waals surface area contributed by atoms with E-state index in [2.05, 4.69) is 42.4 Å². The summed E-state index contributed by atoms with van der Waals surface area (Å²) in [6.07, 6.45) is 1.43. The first-order valence-corrected chi connectivity index (χ1v) is 9.95. The summed E-state index contributed by atoms with van der Waals surface area (Å²) in [5.41, 5.74) is 0.607. The number of carbonyl (C=O) groups is 1. The molecule has 31 heavy (non-hydrogen) atoms. The van der Waals surface area contributed by atoms with Crippen molar-refractivity contribution < 1.29 is 15.0 Å². The first kappa shape index (κ1) is 19.4. The highest BCUT2D eigenvalue weighted by molar-refractivity contribution is 5.88. The number of amides is 1. The van der Waals surface area contributed by atoms with Crippen LogP contribution in [0.25, 0.3) is 11.2 Å². The van der Waals surface area contributed by atoms with E-state index in [4.69, 9.17) is 0 Å². The predicted molar refractivity (Wildman–Crippen MR) is 111 cm³/mol. The smallest absolute Gasteiger partial charge is 0.229 e. The number of fused-ring (bicyclic) bond motifs is 2. The fraction of sp³-hybridized carbons (Fsp3) is 0.381. The number of imidazole rings is 1. The number of aliphatic hydroxyl groups is 2. The Morgan fingerprint density at radius 1 is 1.23 bits per heavy atom. The Labute approximate surface area is 177 Å². The molecule has 4 N–H and O–H groups in total. The number of carbonyl (C=O) groups excluding carboxylic acids is 1. The third-order valence-electron chi connectivity index (χ3n) is 6.27. The van der Waals surface area contributed by atoms with Crippen LogP contribution in [0.15, 0.2) is 30.7 Å². The van der Waals surface area contributed by atoms with E-state index in [1.807, 2.05) is 12.1 Å². The number of rotatable bonds is 3. The van der Waals surface area contributed by atoms with Gasteiger partial charge in [-0.3, -0.25) is 4.79 Å². The minimum atomic E-state index is -1.16. The van der Waals surface area contributed by atoms with Gasteiger partial charge in [0.05, 0.1) is 23.9 Å². The van der Waals surface area contributed by atoms with Gasteiger partial charge in [-0.05, 0) is 30.4 Å². The molecule has 3 heterocycles. The van der Waals surface area contributed by atoms with Gasteiger partial charge in [0.25, 0.3) is 0 Å². The van der Waals surface area contributed by atoms with Crippen molar-refractivity contribution in [2.75, 3.05) is 19.4 Å². The third-order valence-corrected chi connectivity index (χ3v) is 6.27. The standard InChI is InChI=1S/C21H21N7O3/c1-22-18-14-19(27-13(26-18)7-6-11-5-3-4-8-24-11)28(10-25-14)15-12-9-21(12,20(31)23-2)17(30)16(15)29/h3-5,8,10,12,15-17,29-30H,9H2,1-2H3,(H,23,31)(H,22,26,27)/t12?,15-,16?,17+,21-/m1/s1. The van der Waals surface area contributed by atoms with E-state index in [-0.39, 0.29) is 17.6 Å². The van der Waals surface area contributed by atoms with Crippen molar-refractivity contribution in [3.63, 3.8) is 0 Å². The summed E-state index contributed by atoms with van der Waals surface area (Å²) < 4.78 is 1.72. The highest BCUT2D eigenvalue weighted by Gasteiger charge is 2.75. The summed E-state index contributed by atoms with van der Waals surface area (Å²) in [4.78, 5) is 30.0. The number of aromatic nitrogens is 5. The molecule has 0 bridgehead atoms. The molecule has 2 aliphatic rings. The largest absolute Gasteiger partial charge is 0.389 e. The lowest BCUT2D eigenvalue weighted by Crippen LogP contribution is -2.41. The van der Waals surface area contributed by atoms with E-state index in [1.54, 1.807) is 30.2 Å². The highest BCUT2D eigenvalue weighted by atomic mass is 16.3. The van der Waals surface area contributed by atoms with Crippen LogP contribution in [0.4, 0.5) is 5.82 Å². The zero-order valence-electron chi connectivity index (χ0n) is 16.9. The second-order valence-corrected chi connectivity index (χ2v) is 7.79. The Kier molecular flexibility index (Phi) is 4.39. The van der Waals surface area contributed by atoms with Crippen LogP contribution in [-0.4, -0.2) is 66.9 Å². The zero-order chi connectivity index (χ0) is 21.8. The van der Waals surface area contributed by atoms with Crippen molar-refractivity contribution in [3.05, 3.63) is 42.2 Å². The quantitative estimate of drug-likeness (QED) is 0.424. The monoisotopic (exact) mass is 419 g/mol. The molecule has 2 fully saturated rings. The number of pyridine rings is 1. The van der Waals surface area contributed by atoms with E-state index < -0.39 is 23.7 Å². The lowest BCUT2D eigenvalue weighted by Gasteiger charge is -2.23. The maximum absolute atomic E-state index is 12.4. The van der Waals surface area contributed by atoms with Crippen molar-refractivity contribution >= 4 is 22.9 Å². The third kappa shape index (κ3) is 2.78. The molecular formula is C21H21N7O3. The van der Waals surface area contributed by atoms with Crippen LogP contribution in [0.2, 0.25) is 0 Å². The van der Waals surface area contributed by atoms with Crippen LogP contribution >= 0.6 is 0 Å². The molecule has 3 aromatic rings. The molecule has 0 radical (unpaired) electrons. The molecule has 10 heteroatoms. The fourth-order valence-corrected chi connectivity index (χ4v) is 4.71. The molecule has 2 saturated carbocycles. The molecule has 10 nitrogen and oxygen atoms in total. The van der Waals surface area contributed by atoms with Gasteiger partial charge in [0.15, 0.2) is 17.0 Å². The number of nitrogens with zero attached hydrogens (tertiary/aromatic N) is 5. The first-order valence-electron chi connectivity index (χ1n) is 9.95. The van der Waals surface area contributed by atoms with Crippen molar-refractivity contribution in [2.45, 2.75) is 24.7 Å². The van der Waals surface area contributed by atoms with Crippen LogP contribution in [0, 0.1) is 23.2 Å². The van der Waals surface area contributed by atoms with Crippen LogP contribution in [-0.2, 0) is 4.79 Å². The van der Waals surface area contributed by atoms with Gasteiger partial charge in [-0.1, -0.05) is 6.07 Å². The Morgan fingerprint density at radius 2 is 2.06 bits per heavy atom. The number of anilines is 1. The molecular weight excluding hydrogens is 398 g/mol. The summed E-state index contributed by atoms with van der Waals surface area (Å²) in [5, 5.41) is 27.0. The van der Waals surface area contributed by atoms with Gasteiger partial charge >= 0.3 is 0 Å². The van der Waals surface area contributed by atoms with Crippen molar-refractivity contribution in [1.29, 1.82) is 0 Å². The molecule has 5 rings (SSSR count). The van der Waals surface area contributed by atoms with Crippen molar-refractivity contribution in [1.82, 2.24) is 29.8 Å². The highest BCUT2D eigenvalue weighted by Crippen LogP contribution is 2.67. The molecule has 0 spiro atoms. The maximum Gasteiger partial charge on any atom is 0.229 e. The summed E-state index contributed by atoms with van der Waals surface area (Å²) in [6, 6.07) is 4.91. The molecule has 5 atom stereocenters. The van der Waals surface area contributed by atoms with Gasteiger partial charge in [0.2, 0.25) is 11.7 Å². The van der Waals surface area contributed by atoms with Gasteiger partial charge in [-0.15, -0.1) is 0 Å². The Morgan fingerprint density at radius 3 is 2.77 bits per heavy atom. The van der Waals surface area contributed by atoms with E-state index in [9.17, 15) is 15.0 Å². The van der Waals surface area contributed by atoms with Gasteiger partial charge in [0, 0.05) is 26.2 Å². The summed E-state index contributed by atoms with van der Waals surface area (Å²) >= 11 is 0. The molecule has 2 aliphatic carbocycles. The molecule has 0 aliphatic heterocycles. The van der Waals surface area contributed by atoms with Gasteiger partial charge in [-0.2, -0.15) is 0 Å². The average molecular weight is 419 g/mol. The minimum absolute atomic E-state index is 0.217. The fourth-order valence-electron chi connectivity index (χ4n) is 4.71. The van der Waals surface area contributed by atoms with E-state index in [0.717, 1.165) is 0 Å². The molecule has 3 aromatic heterocycles. The second kappa shape index (κ2) is 7.01. The Bertz CT molecular complexity index is 1230. The lowest BCUT2D eigenvalue weighted by molar-refractivity contribution is -0.132. The van der Waals surface area contributed by atoms with Crippen LogP contribution in [0.1, 0.15) is 24.0 Å². The Balaban J connectivity index is 1.58. The van der Waals surface area contributed by atoms with Crippen molar-refractivity contribution in [3.8, 4) is 11.8 Å². The SMILES string of the molecule is CNC(=O)[C@]12CC1[C@@H](n1cnc3c(NC)nc(C#Cc4ccccn4)nc31)C(O)[C@@H]2O. The maximum atomic E-state index is 12.4. The average Bonchev–Trinajstić information content (AvgIpc) is 3.34. The van der Waals surface area contributed by atoms with Gasteiger partial charge < -0.3 is 25.4 Å². The Hall–Kier alpha value is -3.55. The minimum Gasteiger partial charge on any atom is -0.389 e. The van der Waals surface area contributed by atoms with Gasteiger partial charge in [-0.25, -0.2) is 19.9 Å². The van der Waals surface area contributed by atoms with Crippen molar-refractivity contribution in [2.24, 2.45) is 11.3 Å². The topological polar surface area (TPSA) is 138 Å². The van der Waals surface area contributed by atoms with E-state index >= 15 is 0 Å². The first-order chi connectivity index (χ1) is 15.0. The number of aliphatic hydroxyl groups excluding tert-OH is 2. The van der Waals surface area contributed by atoms with Crippen LogP contribution < -0.4 is 10.6 Å². The molecule has 1 amide bonds. The second-order valence-electron chi connectivity index (χ2n) is 7.79. The normalized spacial score (nSPS) is 28.5. The van der Waals surface area contributed by atoms with E-state index in [0.29, 0.717) is 29.1 Å². The molecule has 0 aromatic carbocycles.